The number of carbonyl (C=O) groups excluding carboxylic acids is 2. The van der Waals surface area contributed by atoms with Crippen LogP contribution in [0.3, 0.4) is 0 Å². The van der Waals surface area contributed by atoms with Crippen molar-refractivity contribution in [3.63, 3.8) is 0 Å². The summed E-state index contributed by atoms with van der Waals surface area (Å²) in [4.78, 5) is 31.8. The number of hydrogen-bond donors (Lipinski definition) is 3. The number of nitrogens with zero attached hydrogens (tertiary/aromatic N) is 2. The first-order valence-electron chi connectivity index (χ1n) is 8.79. The Morgan fingerprint density at radius 1 is 1.07 bits per heavy atom. The van der Waals surface area contributed by atoms with Gasteiger partial charge in [-0.2, -0.15) is 0 Å². The summed E-state index contributed by atoms with van der Waals surface area (Å²) in [6.07, 6.45) is 2.84. The topological polar surface area (TPSA) is 110 Å². The molecule has 2 aromatic carbocycles. The SMILES string of the molecule is Cc1cccc(C(=O)Nc2cccc([C@H](C)Nc3cncc(C(N)=O)n3)c2)c1. The third kappa shape index (κ3) is 4.70. The fourth-order valence-corrected chi connectivity index (χ4v) is 2.73. The fourth-order valence-electron chi connectivity index (χ4n) is 2.73. The van der Waals surface area contributed by atoms with E-state index in [1.165, 1.54) is 12.4 Å². The van der Waals surface area contributed by atoms with Gasteiger partial charge in [0.05, 0.1) is 18.4 Å². The first-order chi connectivity index (χ1) is 13.4. The van der Waals surface area contributed by atoms with Crippen molar-refractivity contribution >= 4 is 23.3 Å². The van der Waals surface area contributed by atoms with Gasteiger partial charge in [-0.25, -0.2) is 4.98 Å². The Hall–Kier alpha value is -3.74. The molecule has 0 unspecified atom stereocenters. The van der Waals surface area contributed by atoms with Crippen molar-refractivity contribution in [3.05, 3.63) is 83.3 Å². The molecular formula is C21H21N5O2. The molecule has 1 heterocycles. The number of rotatable bonds is 6. The number of carbonyl (C=O) groups is 2. The van der Waals surface area contributed by atoms with E-state index < -0.39 is 5.91 Å². The number of primary amides is 1. The lowest BCUT2D eigenvalue weighted by molar-refractivity contribution is 0.0993. The second-order valence-corrected chi connectivity index (χ2v) is 6.47. The van der Waals surface area contributed by atoms with Gasteiger partial charge in [0.15, 0.2) is 0 Å². The highest BCUT2D eigenvalue weighted by atomic mass is 16.2. The van der Waals surface area contributed by atoms with E-state index in [-0.39, 0.29) is 17.6 Å². The number of anilines is 2. The highest BCUT2D eigenvalue weighted by Crippen LogP contribution is 2.21. The molecule has 0 aliphatic carbocycles. The number of aryl methyl sites for hydroxylation is 1. The number of aromatic nitrogens is 2. The smallest absolute Gasteiger partial charge is 0.268 e. The minimum atomic E-state index is -0.635. The Bertz CT molecular complexity index is 1020. The van der Waals surface area contributed by atoms with Crippen LogP contribution in [0, 0.1) is 6.92 Å². The normalized spacial score (nSPS) is 11.5. The molecule has 7 heteroatoms. The Labute approximate surface area is 163 Å². The zero-order chi connectivity index (χ0) is 20.1. The maximum atomic E-state index is 12.5. The van der Waals surface area contributed by atoms with E-state index in [9.17, 15) is 9.59 Å². The predicted molar refractivity (Wildman–Crippen MR) is 108 cm³/mol. The highest BCUT2D eigenvalue weighted by Gasteiger charge is 2.11. The molecule has 3 aromatic rings. The largest absolute Gasteiger partial charge is 0.364 e. The van der Waals surface area contributed by atoms with Crippen LogP contribution in [0.15, 0.2) is 60.9 Å². The van der Waals surface area contributed by atoms with Crippen LogP contribution in [-0.4, -0.2) is 21.8 Å². The van der Waals surface area contributed by atoms with E-state index in [2.05, 4.69) is 20.6 Å². The summed E-state index contributed by atoms with van der Waals surface area (Å²) in [5.74, 6) is -0.357. The van der Waals surface area contributed by atoms with Crippen LogP contribution in [0.2, 0.25) is 0 Å². The Morgan fingerprint density at radius 3 is 2.61 bits per heavy atom. The van der Waals surface area contributed by atoms with Gasteiger partial charge in [0.25, 0.3) is 11.8 Å². The van der Waals surface area contributed by atoms with Crippen LogP contribution in [0.4, 0.5) is 11.5 Å². The average Bonchev–Trinajstić information content (AvgIpc) is 2.68. The monoisotopic (exact) mass is 375 g/mol. The van der Waals surface area contributed by atoms with Crippen LogP contribution in [0.1, 0.15) is 44.9 Å². The van der Waals surface area contributed by atoms with Gasteiger partial charge in [0, 0.05) is 11.3 Å². The van der Waals surface area contributed by atoms with Crippen molar-refractivity contribution in [1.82, 2.24) is 9.97 Å². The molecule has 0 radical (unpaired) electrons. The Morgan fingerprint density at radius 2 is 1.86 bits per heavy atom. The van der Waals surface area contributed by atoms with Crippen LogP contribution < -0.4 is 16.4 Å². The summed E-state index contributed by atoms with van der Waals surface area (Å²) in [5.41, 5.74) is 8.59. The number of nitrogens with two attached hydrogens (primary N) is 1. The minimum absolute atomic E-state index is 0.0939. The molecule has 2 amide bonds. The zero-order valence-corrected chi connectivity index (χ0v) is 15.6. The number of hydrogen-bond acceptors (Lipinski definition) is 5. The van der Waals surface area contributed by atoms with Crippen LogP contribution in [-0.2, 0) is 0 Å². The third-order valence-corrected chi connectivity index (χ3v) is 4.18. The first kappa shape index (κ1) is 19.0. The first-order valence-corrected chi connectivity index (χ1v) is 8.79. The maximum Gasteiger partial charge on any atom is 0.268 e. The van der Waals surface area contributed by atoms with Gasteiger partial charge in [0.1, 0.15) is 11.5 Å². The lowest BCUT2D eigenvalue weighted by Gasteiger charge is -2.16. The fraction of sp³-hybridized carbons (Fsp3) is 0.143. The lowest BCUT2D eigenvalue weighted by atomic mass is 10.1. The molecule has 0 saturated carbocycles. The van der Waals surface area contributed by atoms with E-state index in [0.717, 1.165) is 11.1 Å². The van der Waals surface area contributed by atoms with Gasteiger partial charge >= 0.3 is 0 Å². The van der Waals surface area contributed by atoms with Gasteiger partial charge in [-0.15, -0.1) is 0 Å². The van der Waals surface area contributed by atoms with Crippen molar-refractivity contribution in [2.45, 2.75) is 19.9 Å². The molecule has 1 atom stereocenters. The number of benzene rings is 2. The molecule has 4 N–H and O–H groups in total. The van der Waals surface area contributed by atoms with Gasteiger partial charge in [-0.1, -0.05) is 29.8 Å². The van der Waals surface area contributed by atoms with Crippen LogP contribution in [0.5, 0.6) is 0 Å². The number of amides is 2. The summed E-state index contributed by atoms with van der Waals surface area (Å²) in [7, 11) is 0. The summed E-state index contributed by atoms with van der Waals surface area (Å²) >= 11 is 0. The summed E-state index contributed by atoms with van der Waals surface area (Å²) in [6.45, 7) is 3.89. The van der Waals surface area contributed by atoms with Gasteiger partial charge in [0.2, 0.25) is 0 Å². The molecule has 0 spiro atoms. The molecule has 0 fully saturated rings. The van der Waals surface area contributed by atoms with Crippen molar-refractivity contribution in [3.8, 4) is 0 Å². The second kappa shape index (κ2) is 8.30. The van der Waals surface area contributed by atoms with E-state index in [1.54, 1.807) is 6.07 Å². The van der Waals surface area contributed by atoms with E-state index in [0.29, 0.717) is 17.1 Å². The summed E-state index contributed by atoms with van der Waals surface area (Å²) in [5, 5.41) is 6.09. The quantitative estimate of drug-likeness (QED) is 0.612. The van der Waals surface area contributed by atoms with E-state index in [4.69, 9.17) is 5.73 Å². The molecule has 1 aromatic heterocycles. The highest BCUT2D eigenvalue weighted by molar-refractivity contribution is 6.04. The van der Waals surface area contributed by atoms with Crippen molar-refractivity contribution in [2.24, 2.45) is 5.73 Å². The molecule has 142 valence electrons. The maximum absolute atomic E-state index is 12.5. The van der Waals surface area contributed by atoms with Crippen LogP contribution in [0.25, 0.3) is 0 Å². The lowest BCUT2D eigenvalue weighted by Crippen LogP contribution is -2.16. The van der Waals surface area contributed by atoms with E-state index in [1.807, 2.05) is 56.3 Å². The van der Waals surface area contributed by atoms with Gasteiger partial charge in [-0.3, -0.25) is 14.6 Å². The summed E-state index contributed by atoms with van der Waals surface area (Å²) in [6, 6.07) is 14.8. The Balaban J connectivity index is 1.72. The summed E-state index contributed by atoms with van der Waals surface area (Å²) < 4.78 is 0. The molecular weight excluding hydrogens is 354 g/mol. The molecule has 0 saturated heterocycles. The van der Waals surface area contributed by atoms with Gasteiger partial charge in [-0.05, 0) is 43.7 Å². The predicted octanol–water partition coefficient (Wildman–Crippen LogP) is 3.31. The van der Waals surface area contributed by atoms with E-state index >= 15 is 0 Å². The molecule has 28 heavy (non-hydrogen) atoms. The Kier molecular flexibility index (Phi) is 5.64. The van der Waals surface area contributed by atoms with Crippen LogP contribution >= 0.6 is 0 Å². The standard InChI is InChI=1S/C21H21N5O2/c1-13-5-3-7-16(9-13)21(28)25-17-8-4-6-15(10-17)14(2)24-19-12-23-11-18(26-19)20(22)27/h3-12,14H,1-2H3,(H2,22,27)(H,24,26)(H,25,28)/t14-/m0/s1. The molecule has 0 aliphatic heterocycles. The second-order valence-electron chi connectivity index (χ2n) is 6.47. The van der Waals surface area contributed by atoms with Crippen molar-refractivity contribution < 1.29 is 9.59 Å². The molecule has 7 nitrogen and oxygen atoms in total. The molecule has 0 aliphatic rings. The minimum Gasteiger partial charge on any atom is -0.364 e. The third-order valence-electron chi connectivity index (χ3n) is 4.18. The number of nitrogens with one attached hydrogen (secondary N) is 2. The average molecular weight is 375 g/mol. The zero-order valence-electron chi connectivity index (χ0n) is 15.6. The van der Waals surface area contributed by atoms with Gasteiger partial charge < -0.3 is 16.4 Å². The van der Waals surface area contributed by atoms with Crippen molar-refractivity contribution in [2.75, 3.05) is 10.6 Å². The molecule has 0 bridgehead atoms. The molecule has 3 rings (SSSR count). The van der Waals surface area contributed by atoms with Crippen molar-refractivity contribution in [1.29, 1.82) is 0 Å².